The van der Waals surface area contributed by atoms with E-state index in [9.17, 15) is 19.1 Å². The minimum atomic E-state index is -5.11. The van der Waals surface area contributed by atoms with Crippen molar-refractivity contribution < 1.29 is 43.1 Å². The maximum atomic E-state index is 10.4. The predicted molar refractivity (Wildman–Crippen MR) is 33.2 cm³/mol. The molecule has 0 N–H and O–H groups in total. The van der Waals surface area contributed by atoms with Gasteiger partial charge in [0.25, 0.3) is 0 Å². The van der Waals surface area contributed by atoms with Crippen molar-refractivity contribution in [3.8, 4) is 0 Å². The van der Waals surface area contributed by atoms with Crippen LogP contribution in [-0.2, 0) is 33.4 Å². The van der Waals surface area contributed by atoms with Gasteiger partial charge in [0, 0.05) is 6.42 Å². The number of rotatable bonds is 4. The Balaban J connectivity index is 0. The molecule has 0 saturated heterocycles. The van der Waals surface area contributed by atoms with E-state index in [1.165, 1.54) is 0 Å². The average molecular weight is 245 g/mol. The molecule has 0 rings (SSSR count). The van der Waals surface area contributed by atoms with Crippen LogP contribution >= 0.6 is 7.82 Å². The van der Waals surface area contributed by atoms with E-state index in [4.69, 9.17) is 0 Å². The number of phosphoric ester groups is 1. The average Bonchev–Trinajstić information content (AvgIpc) is 1.79. The van der Waals surface area contributed by atoms with Crippen LogP contribution in [0.2, 0.25) is 0 Å². The first-order valence-electron chi connectivity index (χ1n) is 3.20. The second-order valence-electron chi connectivity index (χ2n) is 2.01. The van der Waals surface area contributed by atoms with Gasteiger partial charge in [0.15, 0.2) is 0 Å². The Morgan fingerprint density at radius 3 is 2.33 bits per heavy atom. The van der Waals surface area contributed by atoms with Crippen LogP contribution in [0.25, 0.3) is 0 Å². The molecule has 0 aliphatic rings. The topological polar surface area (TPSA) is 89.5 Å². The van der Waals surface area contributed by atoms with Crippen LogP contribution in [0.15, 0.2) is 0 Å². The van der Waals surface area contributed by atoms with Crippen LogP contribution in [0.4, 0.5) is 0 Å². The molecule has 0 aromatic carbocycles. The quantitative estimate of drug-likeness (QED) is 0.494. The molecule has 0 aromatic rings. The van der Waals surface area contributed by atoms with Gasteiger partial charge in [0.05, 0.1) is 0 Å². The van der Waals surface area contributed by atoms with E-state index in [1.54, 1.807) is 0 Å². The first-order chi connectivity index (χ1) is 4.95. The smallest absolute Gasteiger partial charge is 0.780 e. The van der Waals surface area contributed by atoms with E-state index in [1.807, 2.05) is 6.92 Å². The van der Waals surface area contributed by atoms with E-state index in [-0.39, 0.29) is 25.9 Å². The number of carbonyl (C=O) groups excluding carboxylic acids is 1. The van der Waals surface area contributed by atoms with Crippen molar-refractivity contribution in [2.45, 2.75) is 26.2 Å². The van der Waals surface area contributed by atoms with Gasteiger partial charge in [-0.15, -0.1) is 0 Å². The first-order valence-corrected chi connectivity index (χ1v) is 4.66. The molecule has 5 nitrogen and oxygen atoms in total. The first kappa shape index (κ1) is 14.8. The third-order valence-electron chi connectivity index (χ3n) is 0.948. The maximum Gasteiger partial charge on any atom is 2.00 e. The molecule has 12 heavy (non-hydrogen) atoms. The molecule has 0 spiro atoms. The molecule has 0 amide bonds. The summed E-state index contributed by atoms with van der Waals surface area (Å²) < 4.78 is 13.4. The molecule has 0 aliphatic heterocycles. The van der Waals surface area contributed by atoms with Crippen molar-refractivity contribution in [2.75, 3.05) is 0 Å². The Morgan fingerprint density at radius 1 is 1.50 bits per heavy atom. The minimum Gasteiger partial charge on any atom is -0.780 e. The van der Waals surface area contributed by atoms with Gasteiger partial charge in [-0.05, 0) is 6.42 Å². The number of unbranched alkanes of at least 4 members (excludes halogenated alkanes) is 1. The SMILES string of the molecule is CCCCC(=O)OP(=O)([O-])[O-].[Zn+2]. The fourth-order valence-electron chi connectivity index (χ4n) is 0.491. The number of phosphoric acid groups is 1. The van der Waals surface area contributed by atoms with Crippen molar-refractivity contribution >= 4 is 13.8 Å². The van der Waals surface area contributed by atoms with E-state index in [0.29, 0.717) is 6.42 Å². The van der Waals surface area contributed by atoms with E-state index in [0.717, 1.165) is 6.42 Å². The normalized spacial score (nSPS) is 10.2. The van der Waals surface area contributed by atoms with Gasteiger partial charge < -0.3 is 18.9 Å². The van der Waals surface area contributed by atoms with Crippen LogP contribution in [0.3, 0.4) is 0 Å². The second kappa shape index (κ2) is 6.73. The standard InChI is InChI=1S/C5H11O5P.Zn/c1-2-3-4-5(6)10-11(7,8)9;/h2-4H2,1H3,(H2,7,8,9);/q;+2/p-2. The van der Waals surface area contributed by atoms with Crippen LogP contribution in [0.5, 0.6) is 0 Å². The summed E-state index contributed by atoms with van der Waals surface area (Å²) in [6, 6.07) is 0. The third-order valence-corrected chi connectivity index (χ3v) is 1.38. The predicted octanol–water partition coefficient (Wildman–Crippen LogP) is -0.454. The molecule has 0 unspecified atom stereocenters. The van der Waals surface area contributed by atoms with Crippen molar-refractivity contribution in [1.82, 2.24) is 0 Å². The molecule has 0 aliphatic carbocycles. The molecule has 0 heterocycles. The summed E-state index contributed by atoms with van der Waals surface area (Å²) in [4.78, 5) is 30.1. The second-order valence-corrected chi connectivity index (χ2v) is 3.09. The Labute approximate surface area is 83.5 Å². The van der Waals surface area contributed by atoms with Crippen LogP contribution < -0.4 is 9.79 Å². The fourth-order valence-corrected chi connectivity index (χ4v) is 0.832. The maximum absolute atomic E-state index is 10.4. The largest absolute Gasteiger partial charge is 2.00 e. The Bertz CT molecular complexity index is 177. The number of carbonyl (C=O) groups is 1. The summed E-state index contributed by atoms with van der Waals surface area (Å²) in [5.41, 5.74) is 0. The zero-order valence-electron chi connectivity index (χ0n) is 6.82. The van der Waals surface area contributed by atoms with Gasteiger partial charge in [-0.1, -0.05) is 13.3 Å². The van der Waals surface area contributed by atoms with E-state index in [2.05, 4.69) is 4.52 Å². The summed E-state index contributed by atoms with van der Waals surface area (Å²) in [7, 11) is -5.11. The molecular formula is C5H9O5PZn. The molecule has 0 aromatic heterocycles. The minimum absolute atomic E-state index is 0. The Kier molecular flexibility index (Phi) is 8.27. The van der Waals surface area contributed by atoms with Crippen molar-refractivity contribution in [3.63, 3.8) is 0 Å². The molecule has 0 saturated carbocycles. The van der Waals surface area contributed by atoms with E-state index < -0.39 is 13.8 Å². The number of hydrogen-bond acceptors (Lipinski definition) is 5. The molecule has 0 atom stereocenters. The van der Waals surface area contributed by atoms with Gasteiger partial charge in [0.2, 0.25) is 0 Å². The van der Waals surface area contributed by atoms with Crippen LogP contribution in [0, 0.1) is 0 Å². The molecular weight excluding hydrogens is 236 g/mol. The van der Waals surface area contributed by atoms with Crippen molar-refractivity contribution in [2.24, 2.45) is 0 Å². The molecule has 0 bridgehead atoms. The Hall–Kier alpha value is 0.243. The molecule has 0 fully saturated rings. The van der Waals surface area contributed by atoms with Crippen LogP contribution in [0.1, 0.15) is 26.2 Å². The van der Waals surface area contributed by atoms with Gasteiger partial charge in [0.1, 0.15) is 7.82 Å². The summed E-state index contributed by atoms with van der Waals surface area (Å²) >= 11 is 0. The van der Waals surface area contributed by atoms with Crippen molar-refractivity contribution in [1.29, 1.82) is 0 Å². The van der Waals surface area contributed by atoms with Gasteiger partial charge in [-0.25, -0.2) is 0 Å². The summed E-state index contributed by atoms with van der Waals surface area (Å²) in [5.74, 6) is -0.972. The molecule has 66 valence electrons. The zero-order chi connectivity index (χ0) is 8.91. The van der Waals surface area contributed by atoms with E-state index >= 15 is 0 Å². The summed E-state index contributed by atoms with van der Waals surface area (Å²) in [5, 5.41) is 0. The number of hydrogen-bond donors (Lipinski definition) is 0. The van der Waals surface area contributed by atoms with Gasteiger partial charge in [-0.2, -0.15) is 0 Å². The monoisotopic (exact) mass is 244 g/mol. The van der Waals surface area contributed by atoms with Gasteiger partial charge >= 0.3 is 25.4 Å². The summed E-state index contributed by atoms with van der Waals surface area (Å²) in [6.45, 7) is 1.83. The summed E-state index contributed by atoms with van der Waals surface area (Å²) in [6.07, 6.45) is 1.25. The zero-order valence-corrected chi connectivity index (χ0v) is 10.7. The van der Waals surface area contributed by atoms with Crippen molar-refractivity contribution in [3.05, 3.63) is 0 Å². The van der Waals surface area contributed by atoms with Crippen LogP contribution in [-0.4, -0.2) is 5.97 Å². The molecule has 0 radical (unpaired) electrons. The third kappa shape index (κ3) is 10.2. The molecule has 7 heteroatoms. The Morgan fingerprint density at radius 2 is 2.00 bits per heavy atom. The van der Waals surface area contributed by atoms with Gasteiger partial charge in [-0.3, -0.25) is 4.79 Å². The fraction of sp³-hybridized carbons (Fsp3) is 0.800.